The number of methoxy groups -OCH3 is 1. The Morgan fingerprint density at radius 3 is 2.43 bits per heavy atom. The predicted octanol–water partition coefficient (Wildman–Crippen LogP) is -0.641. The molecule has 14 heavy (non-hydrogen) atoms. The van der Waals surface area contributed by atoms with Crippen molar-refractivity contribution < 1.29 is 29.0 Å². The van der Waals surface area contributed by atoms with Crippen LogP contribution in [0.2, 0.25) is 0 Å². The fourth-order valence-electron chi connectivity index (χ4n) is 0.473. The Hall–Kier alpha value is -1.63. The summed E-state index contributed by atoms with van der Waals surface area (Å²) in [5.41, 5.74) is 0. The van der Waals surface area contributed by atoms with Gasteiger partial charge in [0, 0.05) is 0 Å². The summed E-state index contributed by atoms with van der Waals surface area (Å²) in [6, 6.07) is 0. The molecule has 0 aromatic rings. The maximum atomic E-state index is 10.8. The lowest BCUT2D eigenvalue weighted by Crippen LogP contribution is -2.35. The second-order valence-corrected chi connectivity index (χ2v) is 2.33. The van der Waals surface area contributed by atoms with Crippen LogP contribution in [0.1, 0.15) is 6.92 Å². The maximum absolute atomic E-state index is 10.8. The molecule has 0 spiro atoms. The molecule has 80 valence electrons. The molecular weight excluding hydrogens is 194 g/mol. The Balaban J connectivity index is 3.74. The third-order valence-electron chi connectivity index (χ3n) is 1.24. The molecule has 0 aliphatic heterocycles. The van der Waals surface area contributed by atoms with Gasteiger partial charge in [0.1, 0.15) is 6.61 Å². The first-order valence-corrected chi connectivity index (χ1v) is 3.69. The van der Waals surface area contributed by atoms with Gasteiger partial charge in [-0.15, -0.1) is 0 Å². The van der Waals surface area contributed by atoms with E-state index in [2.05, 4.69) is 9.47 Å². The van der Waals surface area contributed by atoms with Crippen LogP contribution in [-0.4, -0.2) is 42.9 Å². The van der Waals surface area contributed by atoms with Crippen molar-refractivity contribution in [1.29, 1.82) is 0 Å². The van der Waals surface area contributed by atoms with Crippen LogP contribution in [0.5, 0.6) is 0 Å². The number of amides is 2. The van der Waals surface area contributed by atoms with Crippen molar-refractivity contribution in [3.8, 4) is 0 Å². The van der Waals surface area contributed by atoms with Gasteiger partial charge in [-0.3, -0.25) is 10.1 Å². The first-order valence-electron chi connectivity index (χ1n) is 3.69. The lowest BCUT2D eigenvalue weighted by molar-refractivity contribution is -0.150. The molecule has 0 unspecified atom stereocenters. The number of carbonyl (C=O) groups excluding carboxylic acids is 2. The number of hydrogen-bond acceptors (Lipinski definition) is 5. The van der Waals surface area contributed by atoms with Gasteiger partial charge in [0.25, 0.3) is 5.91 Å². The van der Waals surface area contributed by atoms with Gasteiger partial charge in [-0.1, -0.05) is 0 Å². The third-order valence-corrected chi connectivity index (χ3v) is 1.24. The number of carboxylic acid groups (broad SMARTS) is 1. The quantitative estimate of drug-likeness (QED) is 0.632. The van der Waals surface area contributed by atoms with Crippen LogP contribution in [0.3, 0.4) is 0 Å². The minimum absolute atomic E-state index is 0.511. The highest BCUT2D eigenvalue weighted by molar-refractivity contribution is 5.92. The van der Waals surface area contributed by atoms with Gasteiger partial charge in [-0.2, -0.15) is 0 Å². The number of carboxylic acids is 1. The number of hydrogen-bond donors (Lipinski definition) is 2. The van der Waals surface area contributed by atoms with Gasteiger partial charge in [-0.05, 0) is 6.92 Å². The van der Waals surface area contributed by atoms with Crippen molar-refractivity contribution in [2.24, 2.45) is 0 Å². The summed E-state index contributed by atoms with van der Waals surface area (Å²) in [6.07, 6.45) is -2.01. The molecule has 2 N–H and O–H groups in total. The normalized spacial score (nSPS) is 11.6. The first-order chi connectivity index (χ1) is 6.47. The number of aliphatic carboxylic acids is 1. The third kappa shape index (κ3) is 5.09. The smallest absolute Gasteiger partial charge is 0.413 e. The summed E-state index contributed by atoms with van der Waals surface area (Å²) in [5.74, 6) is -1.94. The van der Waals surface area contributed by atoms with Crippen molar-refractivity contribution >= 4 is 18.0 Å². The molecule has 1 atom stereocenters. The van der Waals surface area contributed by atoms with E-state index < -0.39 is 30.7 Å². The zero-order chi connectivity index (χ0) is 11.1. The number of nitrogens with one attached hydrogen (secondary N) is 1. The summed E-state index contributed by atoms with van der Waals surface area (Å²) in [6.45, 7) is 0.760. The van der Waals surface area contributed by atoms with Crippen LogP contribution in [0.25, 0.3) is 0 Å². The van der Waals surface area contributed by atoms with Crippen LogP contribution in [-0.2, 0) is 19.1 Å². The Labute approximate surface area is 80.0 Å². The van der Waals surface area contributed by atoms with E-state index in [4.69, 9.17) is 5.11 Å². The lowest BCUT2D eigenvalue weighted by Gasteiger charge is -2.07. The van der Waals surface area contributed by atoms with Crippen molar-refractivity contribution in [2.45, 2.75) is 13.0 Å². The Morgan fingerprint density at radius 2 is 2.00 bits per heavy atom. The van der Waals surface area contributed by atoms with E-state index in [1.165, 1.54) is 6.92 Å². The molecule has 0 saturated carbocycles. The van der Waals surface area contributed by atoms with Crippen molar-refractivity contribution in [2.75, 3.05) is 13.7 Å². The SMILES string of the molecule is COC(=O)NC(=O)CO[C@H](C)C(=O)O. The van der Waals surface area contributed by atoms with Gasteiger partial charge >= 0.3 is 12.1 Å². The highest BCUT2D eigenvalue weighted by Crippen LogP contribution is 1.89. The topological polar surface area (TPSA) is 102 Å². The van der Waals surface area contributed by atoms with Gasteiger partial charge in [0.15, 0.2) is 6.10 Å². The fraction of sp³-hybridized carbons (Fsp3) is 0.571. The molecule has 0 fully saturated rings. The molecule has 0 aromatic carbocycles. The highest BCUT2D eigenvalue weighted by Gasteiger charge is 2.14. The molecule has 0 aliphatic rings. The number of imide groups is 1. The van der Waals surface area contributed by atoms with Crippen molar-refractivity contribution in [3.63, 3.8) is 0 Å². The highest BCUT2D eigenvalue weighted by atomic mass is 16.5. The van der Waals surface area contributed by atoms with Crippen LogP contribution >= 0.6 is 0 Å². The zero-order valence-electron chi connectivity index (χ0n) is 7.77. The molecule has 0 saturated heterocycles. The molecular formula is C7H11NO6. The summed E-state index contributed by atoms with van der Waals surface area (Å²) >= 11 is 0. The summed E-state index contributed by atoms with van der Waals surface area (Å²) in [5, 5.41) is 10.2. The number of alkyl carbamates (subject to hydrolysis) is 1. The average Bonchev–Trinajstić information content (AvgIpc) is 2.13. The van der Waals surface area contributed by atoms with E-state index >= 15 is 0 Å². The van der Waals surface area contributed by atoms with E-state index in [1.807, 2.05) is 0 Å². The largest absolute Gasteiger partial charge is 0.479 e. The molecule has 0 rings (SSSR count). The summed E-state index contributed by atoms with van der Waals surface area (Å²) < 4.78 is 8.72. The monoisotopic (exact) mass is 205 g/mol. The van der Waals surface area contributed by atoms with E-state index in [0.29, 0.717) is 0 Å². The molecule has 0 heterocycles. The second kappa shape index (κ2) is 5.92. The van der Waals surface area contributed by atoms with Crippen molar-refractivity contribution in [1.82, 2.24) is 5.32 Å². The number of ether oxygens (including phenoxy) is 2. The second-order valence-electron chi connectivity index (χ2n) is 2.33. The van der Waals surface area contributed by atoms with Crippen LogP contribution in [0.4, 0.5) is 4.79 Å². The summed E-state index contributed by atoms with van der Waals surface area (Å²) in [7, 11) is 1.10. The first kappa shape index (κ1) is 12.4. The van der Waals surface area contributed by atoms with E-state index in [-0.39, 0.29) is 0 Å². The molecule has 0 aliphatic carbocycles. The van der Waals surface area contributed by atoms with Crippen LogP contribution in [0.15, 0.2) is 0 Å². The predicted molar refractivity (Wildman–Crippen MR) is 43.6 cm³/mol. The van der Waals surface area contributed by atoms with Gasteiger partial charge in [-0.25, -0.2) is 9.59 Å². The van der Waals surface area contributed by atoms with Gasteiger partial charge in [0.2, 0.25) is 0 Å². The zero-order valence-corrected chi connectivity index (χ0v) is 7.77. The molecule has 2 amide bonds. The average molecular weight is 205 g/mol. The van der Waals surface area contributed by atoms with Crippen LogP contribution in [0, 0.1) is 0 Å². The Kier molecular flexibility index (Phi) is 5.23. The Morgan fingerprint density at radius 1 is 1.43 bits per heavy atom. The van der Waals surface area contributed by atoms with Gasteiger partial charge < -0.3 is 14.6 Å². The van der Waals surface area contributed by atoms with E-state index in [0.717, 1.165) is 7.11 Å². The maximum Gasteiger partial charge on any atom is 0.413 e. The molecule has 0 radical (unpaired) electrons. The molecule has 0 bridgehead atoms. The van der Waals surface area contributed by atoms with Gasteiger partial charge in [0.05, 0.1) is 7.11 Å². The molecule has 7 heteroatoms. The van der Waals surface area contributed by atoms with E-state index in [9.17, 15) is 14.4 Å². The summed E-state index contributed by atoms with van der Waals surface area (Å²) in [4.78, 5) is 31.5. The fourth-order valence-corrected chi connectivity index (χ4v) is 0.473. The molecule has 0 aromatic heterocycles. The molecule has 7 nitrogen and oxygen atoms in total. The minimum atomic E-state index is -1.18. The number of rotatable bonds is 4. The lowest BCUT2D eigenvalue weighted by atomic mass is 10.4. The van der Waals surface area contributed by atoms with Crippen LogP contribution < -0.4 is 5.32 Å². The van der Waals surface area contributed by atoms with E-state index in [1.54, 1.807) is 5.32 Å². The minimum Gasteiger partial charge on any atom is -0.479 e. The Bertz CT molecular complexity index is 238. The standard InChI is InChI=1S/C7H11NO6/c1-4(6(10)11)14-3-5(9)8-7(12)13-2/h4H,3H2,1-2H3,(H,10,11)(H,8,9,12)/t4-/m1/s1. The van der Waals surface area contributed by atoms with Crippen molar-refractivity contribution in [3.05, 3.63) is 0 Å². The number of carbonyl (C=O) groups is 3.